The molecule has 1 aromatic rings. The topological polar surface area (TPSA) is 95.6 Å². The van der Waals surface area contributed by atoms with Crippen molar-refractivity contribution in [3.63, 3.8) is 0 Å². The Morgan fingerprint density at radius 3 is 2.76 bits per heavy atom. The molecule has 0 bridgehead atoms. The first-order chi connectivity index (χ1) is 12.0. The van der Waals surface area contributed by atoms with Crippen LogP contribution in [0.4, 0.5) is 0 Å². The Labute approximate surface area is 147 Å². The summed E-state index contributed by atoms with van der Waals surface area (Å²) < 4.78 is 32.3. The molecule has 4 heterocycles. The normalized spacial score (nSPS) is 29.6. The van der Waals surface area contributed by atoms with Crippen LogP contribution in [0.2, 0.25) is 0 Å². The molecule has 9 heteroatoms. The average Bonchev–Trinajstić information content (AvgIpc) is 3.30. The van der Waals surface area contributed by atoms with Crippen LogP contribution in [0.5, 0.6) is 0 Å². The Balaban J connectivity index is 1.53. The van der Waals surface area contributed by atoms with Gasteiger partial charge in [-0.05, 0) is 32.1 Å². The number of ether oxygens (including phenoxy) is 1. The molecule has 3 fully saturated rings. The van der Waals surface area contributed by atoms with Gasteiger partial charge in [0.2, 0.25) is 15.9 Å². The van der Waals surface area contributed by atoms with Crippen LogP contribution in [0.25, 0.3) is 0 Å². The standard InChI is InChI=1S/C16H24N4O4S/c21-15-16(4-1-6-20(15)13-2-8-24-9-3-13)5-7-19(12-16)25(22,23)14-10-17-18-11-14/h10-11,13H,1-9,12H2,(H,17,18). The molecule has 8 nitrogen and oxygen atoms in total. The molecule has 3 aliphatic rings. The second-order valence-electron chi connectivity index (χ2n) is 7.25. The number of rotatable bonds is 3. The molecule has 1 atom stereocenters. The number of piperidine rings is 1. The number of amides is 1. The minimum atomic E-state index is -3.59. The van der Waals surface area contributed by atoms with Crippen molar-refractivity contribution < 1.29 is 17.9 Å². The number of sulfonamides is 1. The number of aromatic nitrogens is 2. The van der Waals surface area contributed by atoms with Crippen molar-refractivity contribution in [3.8, 4) is 0 Å². The van der Waals surface area contributed by atoms with Gasteiger partial charge >= 0.3 is 0 Å². The first-order valence-electron chi connectivity index (χ1n) is 8.91. The van der Waals surface area contributed by atoms with Crippen LogP contribution < -0.4 is 0 Å². The van der Waals surface area contributed by atoms with Crippen LogP contribution >= 0.6 is 0 Å². The second kappa shape index (κ2) is 6.37. The van der Waals surface area contributed by atoms with Gasteiger partial charge in [0.05, 0.1) is 11.6 Å². The minimum absolute atomic E-state index is 0.135. The third-order valence-corrected chi connectivity index (χ3v) is 7.64. The van der Waals surface area contributed by atoms with Crippen molar-refractivity contribution in [2.75, 3.05) is 32.8 Å². The van der Waals surface area contributed by atoms with Gasteiger partial charge < -0.3 is 9.64 Å². The van der Waals surface area contributed by atoms with Gasteiger partial charge in [0, 0.05) is 45.1 Å². The molecule has 0 saturated carbocycles. The van der Waals surface area contributed by atoms with Crippen molar-refractivity contribution in [2.45, 2.75) is 43.0 Å². The Bertz CT molecular complexity index is 729. The summed E-state index contributed by atoms with van der Waals surface area (Å²) in [6.07, 6.45) is 6.75. The number of carbonyl (C=O) groups excluding carboxylic acids is 1. The summed E-state index contributed by atoms with van der Waals surface area (Å²) in [5.41, 5.74) is -0.562. The van der Waals surface area contributed by atoms with Crippen molar-refractivity contribution in [1.82, 2.24) is 19.4 Å². The Morgan fingerprint density at radius 2 is 2.04 bits per heavy atom. The van der Waals surface area contributed by atoms with Crippen molar-refractivity contribution in [2.24, 2.45) is 5.41 Å². The van der Waals surface area contributed by atoms with Gasteiger partial charge in [-0.15, -0.1) is 0 Å². The molecule has 25 heavy (non-hydrogen) atoms. The van der Waals surface area contributed by atoms with Gasteiger partial charge in [0.1, 0.15) is 4.90 Å². The fourth-order valence-corrected chi connectivity index (χ4v) is 5.83. The van der Waals surface area contributed by atoms with Gasteiger partial charge in [0.15, 0.2) is 0 Å². The van der Waals surface area contributed by atoms with Crippen molar-refractivity contribution >= 4 is 15.9 Å². The van der Waals surface area contributed by atoms with E-state index in [1.807, 2.05) is 4.90 Å². The second-order valence-corrected chi connectivity index (χ2v) is 9.19. The Kier molecular flexibility index (Phi) is 4.33. The SMILES string of the molecule is O=C1N(C2CCOCC2)CCCC12CCN(S(=O)(=O)c1cn[nH]c1)C2. The smallest absolute Gasteiger partial charge is 0.246 e. The summed E-state index contributed by atoms with van der Waals surface area (Å²) in [6.45, 7) is 2.84. The van der Waals surface area contributed by atoms with Crippen molar-refractivity contribution in [3.05, 3.63) is 12.4 Å². The summed E-state index contributed by atoms with van der Waals surface area (Å²) in [6, 6.07) is 0.234. The van der Waals surface area contributed by atoms with E-state index in [-0.39, 0.29) is 23.4 Å². The third-order valence-electron chi connectivity index (χ3n) is 5.83. The van der Waals surface area contributed by atoms with E-state index in [4.69, 9.17) is 4.74 Å². The highest BCUT2D eigenvalue weighted by Crippen LogP contribution is 2.42. The molecule has 0 aromatic carbocycles. The summed E-state index contributed by atoms with van der Waals surface area (Å²) in [4.78, 5) is 15.4. The molecule has 1 spiro atoms. The molecular weight excluding hydrogens is 344 g/mol. The number of carbonyl (C=O) groups is 1. The van der Waals surface area contributed by atoms with E-state index in [1.165, 1.54) is 16.7 Å². The van der Waals surface area contributed by atoms with Crippen LogP contribution in [-0.2, 0) is 19.6 Å². The highest BCUT2D eigenvalue weighted by Gasteiger charge is 2.52. The number of nitrogens with zero attached hydrogens (tertiary/aromatic N) is 3. The summed E-state index contributed by atoms with van der Waals surface area (Å²) in [5.74, 6) is 0.135. The molecule has 138 valence electrons. The lowest BCUT2D eigenvalue weighted by Gasteiger charge is -2.44. The number of aromatic amines is 1. The lowest BCUT2D eigenvalue weighted by Crippen LogP contribution is -2.55. The molecule has 1 amide bonds. The van der Waals surface area contributed by atoms with E-state index in [0.717, 1.165) is 32.2 Å². The molecule has 3 saturated heterocycles. The van der Waals surface area contributed by atoms with Crippen LogP contribution in [0.3, 0.4) is 0 Å². The number of nitrogens with one attached hydrogen (secondary N) is 1. The van der Waals surface area contributed by atoms with E-state index in [0.29, 0.717) is 26.2 Å². The van der Waals surface area contributed by atoms with E-state index in [9.17, 15) is 13.2 Å². The quantitative estimate of drug-likeness (QED) is 0.843. The van der Waals surface area contributed by atoms with E-state index >= 15 is 0 Å². The Morgan fingerprint density at radius 1 is 1.24 bits per heavy atom. The average molecular weight is 368 g/mol. The minimum Gasteiger partial charge on any atom is -0.381 e. The summed E-state index contributed by atoms with van der Waals surface area (Å²) in [7, 11) is -3.59. The maximum absolute atomic E-state index is 13.3. The zero-order valence-corrected chi connectivity index (χ0v) is 15.0. The van der Waals surface area contributed by atoms with Crippen molar-refractivity contribution in [1.29, 1.82) is 0 Å². The molecule has 1 N–H and O–H groups in total. The largest absolute Gasteiger partial charge is 0.381 e. The predicted molar refractivity (Wildman–Crippen MR) is 89.2 cm³/mol. The molecule has 1 aromatic heterocycles. The molecule has 0 aliphatic carbocycles. The summed E-state index contributed by atoms with van der Waals surface area (Å²) >= 11 is 0. The van der Waals surface area contributed by atoms with E-state index in [2.05, 4.69) is 10.2 Å². The lowest BCUT2D eigenvalue weighted by atomic mass is 9.77. The zero-order chi connectivity index (χ0) is 17.5. The maximum Gasteiger partial charge on any atom is 0.246 e. The third kappa shape index (κ3) is 2.88. The fraction of sp³-hybridized carbons (Fsp3) is 0.750. The predicted octanol–water partition coefficient (Wildman–Crippen LogP) is 0.592. The van der Waals surface area contributed by atoms with Gasteiger partial charge in [0.25, 0.3) is 0 Å². The van der Waals surface area contributed by atoms with Gasteiger partial charge in [-0.25, -0.2) is 8.42 Å². The summed E-state index contributed by atoms with van der Waals surface area (Å²) in [5, 5.41) is 6.28. The number of hydrogen-bond acceptors (Lipinski definition) is 5. The molecular formula is C16H24N4O4S. The van der Waals surface area contributed by atoms with Crippen LogP contribution in [0.15, 0.2) is 17.3 Å². The Hall–Kier alpha value is -1.45. The molecule has 1 unspecified atom stereocenters. The lowest BCUT2D eigenvalue weighted by molar-refractivity contribution is -0.150. The van der Waals surface area contributed by atoms with E-state index in [1.54, 1.807) is 0 Å². The van der Waals surface area contributed by atoms with Gasteiger partial charge in [-0.3, -0.25) is 9.89 Å². The molecule has 3 aliphatic heterocycles. The maximum atomic E-state index is 13.3. The number of likely N-dealkylation sites (tertiary alicyclic amines) is 1. The fourth-order valence-electron chi connectivity index (χ4n) is 4.39. The van der Waals surface area contributed by atoms with E-state index < -0.39 is 15.4 Å². The number of H-pyrrole nitrogens is 1. The molecule has 4 rings (SSSR count). The monoisotopic (exact) mass is 368 g/mol. The van der Waals surface area contributed by atoms with Crippen LogP contribution in [0.1, 0.15) is 32.1 Å². The van der Waals surface area contributed by atoms with Gasteiger partial charge in [-0.1, -0.05) is 0 Å². The van der Waals surface area contributed by atoms with Gasteiger partial charge in [-0.2, -0.15) is 9.40 Å². The molecule has 0 radical (unpaired) electrons. The first kappa shape index (κ1) is 17.0. The zero-order valence-electron chi connectivity index (χ0n) is 14.2. The highest BCUT2D eigenvalue weighted by atomic mass is 32.2. The highest BCUT2D eigenvalue weighted by molar-refractivity contribution is 7.89. The van der Waals surface area contributed by atoms with Crippen LogP contribution in [-0.4, -0.2) is 72.6 Å². The number of hydrogen-bond donors (Lipinski definition) is 1. The van der Waals surface area contributed by atoms with Crippen LogP contribution in [0, 0.1) is 5.41 Å². The first-order valence-corrected chi connectivity index (χ1v) is 10.3.